The lowest BCUT2D eigenvalue weighted by molar-refractivity contribution is 0.233. The number of benzene rings is 1. The van der Waals surface area contributed by atoms with Crippen LogP contribution in [0.25, 0.3) is 0 Å². The minimum Gasteiger partial charge on any atom is -0.352 e. The summed E-state index contributed by atoms with van der Waals surface area (Å²) in [5.74, 6) is 0. The molecule has 0 aliphatic heterocycles. The molecule has 0 aromatic heterocycles. The fourth-order valence-electron chi connectivity index (χ4n) is 2.47. The molecule has 0 unspecified atom stereocenters. The van der Waals surface area contributed by atoms with Crippen LogP contribution in [0, 0.1) is 0 Å². The molecule has 0 bridgehead atoms. The predicted octanol–water partition coefficient (Wildman–Crippen LogP) is 2.78. The maximum Gasteiger partial charge on any atom is 0.312 e. The second-order valence-electron chi connectivity index (χ2n) is 4.29. The first-order chi connectivity index (χ1) is 7.62. The molecule has 2 rings (SSSR count). The number of carbonyl (C=O) groups excluding carboxylic acids is 1. The summed E-state index contributed by atoms with van der Waals surface area (Å²) in [7, 11) is 0. The molecule has 1 fully saturated rings. The van der Waals surface area contributed by atoms with Crippen LogP contribution < -0.4 is 11.1 Å². The number of primary amides is 1. The van der Waals surface area contributed by atoms with Crippen molar-refractivity contribution in [1.82, 2.24) is 5.32 Å². The van der Waals surface area contributed by atoms with Crippen molar-refractivity contribution >= 4 is 17.6 Å². The third-order valence-corrected chi connectivity index (χ3v) is 3.47. The Morgan fingerprint density at radius 1 is 1.25 bits per heavy atom. The SMILES string of the molecule is NC(=O)NC1(c2ccc(Cl)cc2)CCCC1. The molecule has 16 heavy (non-hydrogen) atoms. The normalized spacial score (nSPS) is 18.3. The van der Waals surface area contributed by atoms with Crippen LogP contribution in [0.3, 0.4) is 0 Å². The van der Waals surface area contributed by atoms with Gasteiger partial charge in [-0.1, -0.05) is 36.6 Å². The fraction of sp³-hybridized carbons (Fsp3) is 0.417. The first-order valence-electron chi connectivity index (χ1n) is 5.46. The number of amides is 2. The van der Waals surface area contributed by atoms with Crippen LogP contribution in [0.2, 0.25) is 5.02 Å². The minimum atomic E-state index is -0.461. The van der Waals surface area contributed by atoms with Gasteiger partial charge >= 0.3 is 6.03 Å². The van der Waals surface area contributed by atoms with Crippen molar-refractivity contribution in [2.24, 2.45) is 5.73 Å². The van der Waals surface area contributed by atoms with E-state index >= 15 is 0 Å². The Hall–Kier alpha value is -1.22. The van der Waals surface area contributed by atoms with Crippen LogP contribution in [0.5, 0.6) is 0 Å². The molecule has 0 heterocycles. The standard InChI is InChI=1S/C12H15ClN2O/c13-10-5-3-9(4-6-10)12(15-11(14)16)7-1-2-8-12/h3-6H,1-2,7-8H2,(H3,14,15,16). The van der Waals surface area contributed by atoms with E-state index in [0.717, 1.165) is 31.2 Å². The minimum absolute atomic E-state index is 0.281. The second kappa shape index (κ2) is 4.34. The van der Waals surface area contributed by atoms with Crippen molar-refractivity contribution in [3.8, 4) is 0 Å². The van der Waals surface area contributed by atoms with Crippen LogP contribution >= 0.6 is 11.6 Å². The average Bonchev–Trinajstić information content (AvgIpc) is 2.67. The van der Waals surface area contributed by atoms with Gasteiger partial charge in [-0.05, 0) is 30.5 Å². The Balaban J connectivity index is 2.31. The summed E-state index contributed by atoms with van der Waals surface area (Å²) < 4.78 is 0. The Morgan fingerprint density at radius 2 is 1.81 bits per heavy atom. The average molecular weight is 239 g/mol. The van der Waals surface area contributed by atoms with Gasteiger partial charge in [-0.3, -0.25) is 0 Å². The number of carbonyl (C=O) groups is 1. The molecule has 2 amide bonds. The number of urea groups is 1. The Kier molecular flexibility index (Phi) is 3.06. The molecule has 1 aromatic carbocycles. The van der Waals surface area contributed by atoms with Crippen molar-refractivity contribution < 1.29 is 4.79 Å². The first-order valence-corrected chi connectivity index (χ1v) is 5.84. The molecule has 4 heteroatoms. The van der Waals surface area contributed by atoms with Gasteiger partial charge in [-0.25, -0.2) is 4.79 Å². The highest BCUT2D eigenvalue weighted by Gasteiger charge is 2.36. The zero-order chi connectivity index (χ0) is 11.6. The predicted molar refractivity (Wildman–Crippen MR) is 64.3 cm³/mol. The number of hydrogen-bond donors (Lipinski definition) is 2. The van der Waals surface area contributed by atoms with Crippen molar-refractivity contribution in [3.63, 3.8) is 0 Å². The second-order valence-corrected chi connectivity index (χ2v) is 4.72. The van der Waals surface area contributed by atoms with Gasteiger partial charge in [0.1, 0.15) is 0 Å². The van der Waals surface area contributed by atoms with E-state index < -0.39 is 6.03 Å². The molecule has 0 spiro atoms. The molecule has 1 aliphatic rings. The monoisotopic (exact) mass is 238 g/mol. The molecule has 1 aliphatic carbocycles. The van der Waals surface area contributed by atoms with Crippen molar-refractivity contribution in [2.75, 3.05) is 0 Å². The highest BCUT2D eigenvalue weighted by atomic mass is 35.5. The molecule has 0 atom stereocenters. The van der Waals surface area contributed by atoms with Crippen molar-refractivity contribution in [1.29, 1.82) is 0 Å². The van der Waals surface area contributed by atoms with Crippen LogP contribution in [0.4, 0.5) is 4.79 Å². The summed E-state index contributed by atoms with van der Waals surface area (Å²) in [5.41, 5.74) is 6.06. The molecular weight excluding hydrogens is 224 g/mol. The smallest absolute Gasteiger partial charge is 0.312 e. The quantitative estimate of drug-likeness (QED) is 0.818. The van der Waals surface area contributed by atoms with Gasteiger partial charge in [-0.2, -0.15) is 0 Å². The van der Waals surface area contributed by atoms with Gasteiger partial charge in [0.05, 0.1) is 5.54 Å². The molecule has 1 saturated carbocycles. The summed E-state index contributed by atoms with van der Waals surface area (Å²) in [6.45, 7) is 0. The summed E-state index contributed by atoms with van der Waals surface area (Å²) in [6.07, 6.45) is 4.11. The Bertz CT molecular complexity index is 383. The zero-order valence-electron chi connectivity index (χ0n) is 9.00. The zero-order valence-corrected chi connectivity index (χ0v) is 9.76. The van der Waals surface area contributed by atoms with Gasteiger partial charge < -0.3 is 11.1 Å². The van der Waals surface area contributed by atoms with Crippen molar-refractivity contribution in [3.05, 3.63) is 34.9 Å². The lowest BCUT2D eigenvalue weighted by Crippen LogP contribution is -2.46. The molecule has 1 aromatic rings. The van der Waals surface area contributed by atoms with Gasteiger partial charge in [0, 0.05) is 5.02 Å². The van der Waals surface area contributed by atoms with Gasteiger partial charge in [0.2, 0.25) is 0 Å². The Labute approximate surface area is 100.0 Å². The summed E-state index contributed by atoms with van der Waals surface area (Å²) in [6, 6.07) is 7.16. The molecule has 3 N–H and O–H groups in total. The van der Waals surface area contributed by atoms with E-state index in [1.165, 1.54) is 0 Å². The number of nitrogens with one attached hydrogen (secondary N) is 1. The lowest BCUT2D eigenvalue weighted by atomic mass is 9.88. The summed E-state index contributed by atoms with van der Waals surface area (Å²) in [4.78, 5) is 11.1. The lowest BCUT2D eigenvalue weighted by Gasteiger charge is -2.30. The topological polar surface area (TPSA) is 55.1 Å². The van der Waals surface area contributed by atoms with E-state index in [9.17, 15) is 4.79 Å². The van der Waals surface area contributed by atoms with Crippen LogP contribution in [-0.4, -0.2) is 6.03 Å². The molecule has 0 radical (unpaired) electrons. The molecular formula is C12H15ClN2O. The van der Waals surface area contributed by atoms with Crippen LogP contribution in [0.1, 0.15) is 31.2 Å². The maximum atomic E-state index is 11.1. The summed E-state index contributed by atoms with van der Waals surface area (Å²) in [5, 5.41) is 3.59. The van der Waals surface area contributed by atoms with E-state index in [0.29, 0.717) is 5.02 Å². The Morgan fingerprint density at radius 3 is 2.31 bits per heavy atom. The highest BCUT2D eigenvalue weighted by Crippen LogP contribution is 2.38. The number of rotatable bonds is 2. The van der Waals surface area contributed by atoms with Crippen LogP contribution in [-0.2, 0) is 5.54 Å². The number of nitrogens with two attached hydrogens (primary N) is 1. The van der Waals surface area contributed by atoms with Gasteiger partial charge in [-0.15, -0.1) is 0 Å². The number of hydrogen-bond acceptors (Lipinski definition) is 1. The van der Waals surface area contributed by atoms with Crippen molar-refractivity contribution in [2.45, 2.75) is 31.2 Å². The number of halogens is 1. The van der Waals surface area contributed by atoms with Crippen LogP contribution in [0.15, 0.2) is 24.3 Å². The van der Waals surface area contributed by atoms with E-state index in [1.54, 1.807) is 0 Å². The van der Waals surface area contributed by atoms with Gasteiger partial charge in [0.25, 0.3) is 0 Å². The third-order valence-electron chi connectivity index (χ3n) is 3.22. The molecule has 0 saturated heterocycles. The van der Waals surface area contributed by atoms with Gasteiger partial charge in [0.15, 0.2) is 0 Å². The first kappa shape index (κ1) is 11.3. The fourth-order valence-corrected chi connectivity index (χ4v) is 2.60. The van der Waals surface area contributed by atoms with E-state index in [2.05, 4.69) is 5.32 Å². The largest absolute Gasteiger partial charge is 0.352 e. The van der Waals surface area contributed by atoms with E-state index in [4.69, 9.17) is 17.3 Å². The maximum absolute atomic E-state index is 11.1. The van der Waals surface area contributed by atoms with E-state index in [-0.39, 0.29) is 5.54 Å². The highest BCUT2D eigenvalue weighted by molar-refractivity contribution is 6.30. The summed E-state index contributed by atoms with van der Waals surface area (Å²) >= 11 is 5.86. The van der Waals surface area contributed by atoms with E-state index in [1.807, 2.05) is 24.3 Å². The molecule has 3 nitrogen and oxygen atoms in total. The molecule has 86 valence electrons. The third kappa shape index (κ3) is 2.14.